The summed E-state index contributed by atoms with van der Waals surface area (Å²) < 4.78 is 0. The highest BCUT2D eigenvalue weighted by Crippen LogP contribution is 2.36. The Morgan fingerprint density at radius 2 is 1.73 bits per heavy atom. The molecule has 2 fully saturated rings. The third-order valence-corrected chi connectivity index (χ3v) is 6.28. The van der Waals surface area contributed by atoms with Gasteiger partial charge in [0.05, 0.1) is 5.69 Å². The van der Waals surface area contributed by atoms with Crippen molar-refractivity contribution < 1.29 is 0 Å². The third-order valence-electron chi connectivity index (χ3n) is 6.28. The summed E-state index contributed by atoms with van der Waals surface area (Å²) in [6.45, 7) is 6.38. The van der Waals surface area contributed by atoms with Crippen molar-refractivity contribution in [2.75, 3.05) is 30.3 Å². The van der Waals surface area contributed by atoms with E-state index in [4.69, 9.17) is 11.5 Å². The van der Waals surface area contributed by atoms with E-state index < -0.39 is 0 Å². The smallest absolute Gasteiger partial charge is 0.222 e. The van der Waals surface area contributed by atoms with E-state index >= 15 is 0 Å². The van der Waals surface area contributed by atoms with Gasteiger partial charge < -0.3 is 16.4 Å². The fourth-order valence-corrected chi connectivity index (χ4v) is 4.52. The van der Waals surface area contributed by atoms with Crippen LogP contribution in [0.5, 0.6) is 0 Å². The van der Waals surface area contributed by atoms with Crippen LogP contribution in [0, 0.1) is 0 Å². The van der Waals surface area contributed by atoms with E-state index in [2.05, 4.69) is 63.1 Å². The molecule has 0 atom stereocenters. The zero-order valence-corrected chi connectivity index (χ0v) is 19.2. The minimum absolute atomic E-state index is 0. The molecule has 30 heavy (non-hydrogen) atoms. The Hall–Kier alpha value is -1.60. The second kappa shape index (κ2) is 11.1. The van der Waals surface area contributed by atoms with Crippen molar-refractivity contribution in [3.8, 4) is 0 Å². The van der Waals surface area contributed by atoms with Crippen LogP contribution in [-0.4, -0.2) is 46.6 Å². The highest BCUT2D eigenvalue weighted by molar-refractivity contribution is 5.85. The monoisotopic (exact) mass is 452 g/mol. The molecule has 2 heterocycles. The van der Waals surface area contributed by atoms with Crippen LogP contribution < -0.4 is 16.4 Å². The van der Waals surface area contributed by atoms with Crippen LogP contribution in [0.15, 0.2) is 36.4 Å². The maximum Gasteiger partial charge on any atom is 0.222 e. The Morgan fingerprint density at radius 3 is 2.33 bits per heavy atom. The predicted octanol–water partition coefficient (Wildman–Crippen LogP) is 3.60. The van der Waals surface area contributed by atoms with Crippen molar-refractivity contribution >= 4 is 36.6 Å². The molecule has 4 rings (SSSR count). The van der Waals surface area contributed by atoms with E-state index in [1.807, 2.05) is 0 Å². The summed E-state index contributed by atoms with van der Waals surface area (Å²) in [5.74, 6) is 1.81. The largest absolute Gasteiger partial charge is 0.368 e. The van der Waals surface area contributed by atoms with Crippen LogP contribution >= 0.6 is 24.8 Å². The van der Waals surface area contributed by atoms with Crippen molar-refractivity contribution in [1.82, 2.24) is 14.9 Å². The topological polar surface area (TPSA) is 84.3 Å². The molecule has 1 aromatic carbocycles. The van der Waals surface area contributed by atoms with Gasteiger partial charge >= 0.3 is 0 Å². The molecule has 6 nitrogen and oxygen atoms in total. The van der Waals surface area contributed by atoms with E-state index in [1.54, 1.807) is 0 Å². The Balaban J connectivity index is 0.00000160. The molecule has 166 valence electrons. The second-order valence-corrected chi connectivity index (χ2v) is 8.20. The Morgan fingerprint density at radius 1 is 1.07 bits per heavy atom. The van der Waals surface area contributed by atoms with Gasteiger partial charge in [0.2, 0.25) is 5.95 Å². The van der Waals surface area contributed by atoms with Gasteiger partial charge in [-0.15, -0.1) is 24.8 Å². The van der Waals surface area contributed by atoms with Gasteiger partial charge in [0.15, 0.2) is 0 Å². The lowest BCUT2D eigenvalue weighted by atomic mass is 9.78. The Bertz CT molecular complexity index is 776. The van der Waals surface area contributed by atoms with Crippen LogP contribution in [0.3, 0.4) is 0 Å². The van der Waals surface area contributed by atoms with E-state index in [-0.39, 0.29) is 24.8 Å². The zero-order valence-electron chi connectivity index (χ0n) is 17.6. The summed E-state index contributed by atoms with van der Waals surface area (Å²) in [4.78, 5) is 14.0. The summed E-state index contributed by atoms with van der Waals surface area (Å²) in [7, 11) is 0. The van der Waals surface area contributed by atoms with Crippen LogP contribution in [0.2, 0.25) is 0 Å². The lowest BCUT2D eigenvalue weighted by Crippen LogP contribution is -2.45. The molecule has 0 spiro atoms. The van der Waals surface area contributed by atoms with Crippen LogP contribution in [0.4, 0.5) is 11.8 Å². The number of aromatic nitrogens is 2. The number of anilines is 2. The normalized spacial score (nSPS) is 21.5. The fourth-order valence-electron chi connectivity index (χ4n) is 4.52. The molecule has 2 aromatic rings. The van der Waals surface area contributed by atoms with Crippen molar-refractivity contribution in [3.05, 3.63) is 47.7 Å². The molecule has 1 aliphatic heterocycles. The molecule has 0 radical (unpaired) electrons. The lowest BCUT2D eigenvalue weighted by Gasteiger charge is -2.39. The maximum atomic E-state index is 6.01. The van der Waals surface area contributed by atoms with E-state index in [0.29, 0.717) is 23.9 Å². The molecule has 2 aliphatic rings. The van der Waals surface area contributed by atoms with Gasteiger partial charge in [0.1, 0.15) is 5.82 Å². The molecule has 1 saturated heterocycles. The summed E-state index contributed by atoms with van der Waals surface area (Å²) in [5.41, 5.74) is 14.4. The maximum absolute atomic E-state index is 6.01. The van der Waals surface area contributed by atoms with Gasteiger partial charge in [-0.3, -0.25) is 4.90 Å². The van der Waals surface area contributed by atoms with Gasteiger partial charge in [-0.1, -0.05) is 37.3 Å². The number of nitrogen functional groups attached to an aromatic ring is 1. The lowest BCUT2D eigenvalue weighted by molar-refractivity contribution is 0.169. The molecule has 1 saturated carbocycles. The molecule has 1 aromatic heterocycles. The Labute approximate surface area is 192 Å². The predicted molar refractivity (Wildman–Crippen MR) is 129 cm³/mol. The summed E-state index contributed by atoms with van der Waals surface area (Å²) in [6.07, 6.45) is 4.30. The van der Waals surface area contributed by atoms with Gasteiger partial charge in [-0.2, -0.15) is 4.98 Å². The quantitative estimate of drug-likeness (QED) is 0.696. The van der Waals surface area contributed by atoms with Gasteiger partial charge in [-0.05, 0) is 37.8 Å². The van der Waals surface area contributed by atoms with Gasteiger partial charge in [0.25, 0.3) is 0 Å². The van der Waals surface area contributed by atoms with Gasteiger partial charge in [0, 0.05) is 43.7 Å². The summed E-state index contributed by atoms with van der Waals surface area (Å²) in [6, 6.07) is 13.8. The number of nitrogens with two attached hydrogens (primary N) is 2. The highest BCUT2D eigenvalue weighted by atomic mass is 35.5. The first-order valence-corrected chi connectivity index (χ1v) is 10.6. The highest BCUT2D eigenvalue weighted by Gasteiger charge is 2.30. The first kappa shape index (κ1) is 24.7. The second-order valence-electron chi connectivity index (χ2n) is 8.20. The van der Waals surface area contributed by atoms with Crippen LogP contribution in [-0.2, 0) is 6.54 Å². The summed E-state index contributed by atoms with van der Waals surface area (Å²) in [5, 5.41) is 0. The van der Waals surface area contributed by atoms with Gasteiger partial charge in [-0.25, -0.2) is 4.98 Å². The summed E-state index contributed by atoms with van der Waals surface area (Å²) >= 11 is 0. The zero-order chi connectivity index (χ0) is 19.5. The molecule has 4 N–H and O–H groups in total. The van der Waals surface area contributed by atoms with E-state index in [0.717, 1.165) is 63.4 Å². The molecule has 0 unspecified atom stereocenters. The van der Waals surface area contributed by atoms with E-state index in [1.165, 1.54) is 5.56 Å². The molecular weight excluding hydrogens is 419 g/mol. The average molecular weight is 453 g/mol. The Kier molecular flexibility index (Phi) is 9.16. The van der Waals surface area contributed by atoms with Crippen molar-refractivity contribution in [2.24, 2.45) is 5.73 Å². The number of rotatable bonds is 6. The number of halogens is 2. The van der Waals surface area contributed by atoms with Crippen LogP contribution in [0.25, 0.3) is 0 Å². The first-order chi connectivity index (χ1) is 13.6. The molecular formula is C22H34Cl2N6. The van der Waals surface area contributed by atoms with Crippen molar-refractivity contribution in [1.29, 1.82) is 0 Å². The molecule has 0 bridgehead atoms. The van der Waals surface area contributed by atoms with Crippen molar-refractivity contribution in [2.45, 2.75) is 57.2 Å². The minimum Gasteiger partial charge on any atom is -0.368 e. The fraction of sp³-hybridized carbons (Fsp3) is 0.545. The van der Waals surface area contributed by atoms with Crippen LogP contribution in [0.1, 0.15) is 49.8 Å². The molecule has 8 heteroatoms. The number of benzene rings is 1. The standard InChI is InChI=1S/C22H32N6.2ClH/c1-2-27(15-16-6-4-3-5-7-16)19-8-10-28(11-9-19)21-14-20(25-22(24)26-21)17-12-18(23)13-17;;/h3-7,14,17-19H,2,8-13,15,23H2,1H3,(H2,24,25,26);2*1H. The number of nitrogens with zero attached hydrogens (tertiary/aromatic N) is 4. The third kappa shape index (κ3) is 5.76. The SMILES string of the molecule is CCN(Cc1ccccc1)C1CCN(c2cc(C3CC(N)C3)nc(N)n2)CC1.Cl.Cl. The number of hydrogen-bond donors (Lipinski definition) is 2. The average Bonchev–Trinajstić information content (AvgIpc) is 2.70. The van der Waals surface area contributed by atoms with E-state index in [9.17, 15) is 0 Å². The molecule has 1 aliphatic carbocycles. The first-order valence-electron chi connectivity index (χ1n) is 10.6. The molecule has 0 amide bonds. The number of hydrogen-bond acceptors (Lipinski definition) is 6. The minimum atomic E-state index is 0. The number of piperidine rings is 1. The van der Waals surface area contributed by atoms with Crippen molar-refractivity contribution in [3.63, 3.8) is 0 Å².